The molecule has 0 bridgehead atoms. The van der Waals surface area contributed by atoms with E-state index in [0.717, 1.165) is 8.95 Å². The average molecular weight is 577 g/mol. The molecule has 0 fully saturated rings. The van der Waals surface area contributed by atoms with E-state index in [1.54, 1.807) is 0 Å². The van der Waals surface area contributed by atoms with Gasteiger partial charge in [-0.2, -0.15) is 0 Å². The van der Waals surface area contributed by atoms with Crippen LogP contribution < -0.4 is 0 Å². The molecular weight excluding hydrogens is 558 g/mol. The number of hydrogen-bond acceptors (Lipinski definition) is 0. The molecule has 0 atom stereocenters. The standard InChI is InChI=1S/C32H19Br2N/c33-26-16-25(17-27(34)19-26)21-11-9-20(10-12-21)24-15-23-14-13-22-5-4-8-29-31(22)32(23)30(18-24)35(29)28-6-2-1-3-7-28/h1-19H. The van der Waals surface area contributed by atoms with E-state index >= 15 is 0 Å². The van der Waals surface area contributed by atoms with Gasteiger partial charge >= 0.3 is 0 Å². The van der Waals surface area contributed by atoms with Gasteiger partial charge in [-0.25, -0.2) is 0 Å². The second kappa shape index (κ2) is 8.08. The molecule has 1 nitrogen and oxygen atoms in total. The average Bonchev–Trinajstić information content (AvgIpc) is 3.22. The summed E-state index contributed by atoms with van der Waals surface area (Å²) in [5, 5.41) is 5.23. The molecule has 0 radical (unpaired) electrons. The Morgan fingerprint density at radius 2 is 1.06 bits per heavy atom. The van der Waals surface area contributed by atoms with Crippen molar-refractivity contribution in [3.05, 3.63) is 124 Å². The Morgan fingerprint density at radius 1 is 0.429 bits per heavy atom. The summed E-state index contributed by atoms with van der Waals surface area (Å²) in [6.45, 7) is 0. The van der Waals surface area contributed by atoms with Crippen LogP contribution in [0.15, 0.2) is 124 Å². The Bertz CT molecular complexity index is 1830. The molecule has 0 N–H and O–H groups in total. The minimum Gasteiger partial charge on any atom is -0.309 e. The molecule has 7 rings (SSSR count). The van der Waals surface area contributed by atoms with Crippen LogP contribution in [0, 0.1) is 0 Å². The summed E-state index contributed by atoms with van der Waals surface area (Å²) in [4.78, 5) is 0. The van der Waals surface area contributed by atoms with Gasteiger partial charge in [-0.05, 0) is 81.6 Å². The molecule has 0 amide bonds. The first-order valence-corrected chi connectivity index (χ1v) is 13.2. The normalized spacial score (nSPS) is 11.7. The highest BCUT2D eigenvalue weighted by Gasteiger charge is 2.17. The maximum atomic E-state index is 3.61. The molecule has 6 aromatic carbocycles. The molecule has 166 valence electrons. The minimum atomic E-state index is 1.07. The molecule has 0 unspecified atom stereocenters. The molecule has 0 saturated carbocycles. The first kappa shape index (κ1) is 20.9. The van der Waals surface area contributed by atoms with Crippen molar-refractivity contribution in [2.45, 2.75) is 0 Å². The zero-order valence-corrected chi connectivity index (χ0v) is 21.8. The second-order valence-corrected chi connectivity index (χ2v) is 10.8. The molecule has 35 heavy (non-hydrogen) atoms. The van der Waals surface area contributed by atoms with Crippen LogP contribution in [0.1, 0.15) is 0 Å². The fraction of sp³-hybridized carbons (Fsp3) is 0. The van der Waals surface area contributed by atoms with Crippen molar-refractivity contribution in [3.8, 4) is 27.9 Å². The summed E-state index contributed by atoms with van der Waals surface area (Å²) in [6, 6.07) is 41.7. The fourth-order valence-corrected chi connectivity index (χ4v) is 6.58. The maximum absolute atomic E-state index is 3.61. The van der Waals surface area contributed by atoms with Crippen molar-refractivity contribution in [3.63, 3.8) is 0 Å². The van der Waals surface area contributed by atoms with Crippen molar-refractivity contribution >= 4 is 64.4 Å². The summed E-state index contributed by atoms with van der Waals surface area (Å²) in [7, 11) is 0. The minimum absolute atomic E-state index is 1.07. The van der Waals surface area contributed by atoms with Crippen LogP contribution in [0.25, 0.3) is 60.5 Å². The molecule has 7 aromatic rings. The van der Waals surface area contributed by atoms with Gasteiger partial charge in [-0.15, -0.1) is 0 Å². The Kier molecular flexibility index (Phi) is 4.83. The van der Waals surface area contributed by atoms with Crippen LogP contribution in [-0.4, -0.2) is 4.57 Å². The molecule has 1 heterocycles. The van der Waals surface area contributed by atoms with Gasteiger partial charge in [0.1, 0.15) is 0 Å². The van der Waals surface area contributed by atoms with E-state index in [0.29, 0.717) is 0 Å². The predicted molar refractivity (Wildman–Crippen MR) is 156 cm³/mol. The van der Waals surface area contributed by atoms with Gasteiger partial charge in [-0.3, -0.25) is 0 Å². The van der Waals surface area contributed by atoms with Crippen LogP contribution in [0.5, 0.6) is 0 Å². The van der Waals surface area contributed by atoms with Crippen molar-refractivity contribution in [1.82, 2.24) is 4.57 Å². The second-order valence-electron chi connectivity index (χ2n) is 8.94. The molecule has 3 heteroatoms. The lowest BCUT2D eigenvalue weighted by atomic mass is 9.96. The van der Waals surface area contributed by atoms with Crippen molar-refractivity contribution < 1.29 is 0 Å². The van der Waals surface area contributed by atoms with Crippen LogP contribution >= 0.6 is 31.9 Å². The lowest BCUT2D eigenvalue weighted by Crippen LogP contribution is -1.93. The number of benzene rings is 6. The van der Waals surface area contributed by atoms with Gasteiger partial charge in [0.05, 0.1) is 11.0 Å². The lowest BCUT2D eigenvalue weighted by Gasteiger charge is -2.10. The van der Waals surface area contributed by atoms with Gasteiger partial charge in [0.15, 0.2) is 0 Å². The van der Waals surface area contributed by atoms with Crippen molar-refractivity contribution in [1.29, 1.82) is 0 Å². The Hall–Kier alpha value is -3.40. The maximum Gasteiger partial charge on any atom is 0.0553 e. The molecular formula is C32H19Br2N. The lowest BCUT2D eigenvalue weighted by molar-refractivity contribution is 1.18. The number of aromatic nitrogens is 1. The number of hydrogen-bond donors (Lipinski definition) is 0. The third-order valence-electron chi connectivity index (χ3n) is 6.83. The molecule has 0 aliphatic carbocycles. The van der Waals surface area contributed by atoms with E-state index < -0.39 is 0 Å². The molecule has 0 spiro atoms. The summed E-state index contributed by atoms with van der Waals surface area (Å²) in [5.41, 5.74) is 8.50. The highest BCUT2D eigenvalue weighted by molar-refractivity contribution is 9.11. The Morgan fingerprint density at radius 3 is 1.77 bits per heavy atom. The van der Waals surface area contributed by atoms with Crippen LogP contribution in [0.2, 0.25) is 0 Å². The number of halogens is 2. The quantitative estimate of drug-likeness (QED) is 0.184. The Labute approximate surface area is 220 Å². The summed E-state index contributed by atoms with van der Waals surface area (Å²) in [5.74, 6) is 0. The molecule has 0 aliphatic heterocycles. The monoisotopic (exact) mass is 575 g/mol. The smallest absolute Gasteiger partial charge is 0.0553 e. The molecule has 0 aliphatic rings. The molecule has 0 saturated heterocycles. The van der Waals surface area contributed by atoms with Gasteiger partial charge in [-0.1, -0.05) is 98.6 Å². The van der Waals surface area contributed by atoms with Gasteiger partial charge in [0.25, 0.3) is 0 Å². The van der Waals surface area contributed by atoms with Crippen molar-refractivity contribution in [2.24, 2.45) is 0 Å². The van der Waals surface area contributed by atoms with E-state index in [9.17, 15) is 0 Å². The topological polar surface area (TPSA) is 4.93 Å². The third kappa shape index (κ3) is 3.42. The summed E-state index contributed by atoms with van der Waals surface area (Å²) >= 11 is 7.21. The summed E-state index contributed by atoms with van der Waals surface area (Å²) < 4.78 is 4.53. The van der Waals surface area contributed by atoms with E-state index in [1.165, 1.54) is 60.5 Å². The number of para-hydroxylation sites is 1. The predicted octanol–water partition coefficient (Wildman–Crippen LogP) is 10.2. The van der Waals surface area contributed by atoms with E-state index in [4.69, 9.17) is 0 Å². The highest BCUT2D eigenvalue weighted by atomic mass is 79.9. The Balaban J connectivity index is 1.45. The van der Waals surface area contributed by atoms with Crippen LogP contribution in [0.4, 0.5) is 0 Å². The first-order chi connectivity index (χ1) is 17.2. The zero-order valence-electron chi connectivity index (χ0n) is 18.7. The van der Waals surface area contributed by atoms with Crippen LogP contribution in [0.3, 0.4) is 0 Å². The fourth-order valence-electron chi connectivity index (χ4n) is 5.29. The number of nitrogens with zero attached hydrogens (tertiary/aromatic N) is 1. The molecule has 1 aromatic heterocycles. The largest absolute Gasteiger partial charge is 0.309 e. The first-order valence-electron chi connectivity index (χ1n) is 11.6. The van der Waals surface area contributed by atoms with E-state index in [1.807, 2.05) is 0 Å². The van der Waals surface area contributed by atoms with E-state index in [-0.39, 0.29) is 0 Å². The summed E-state index contributed by atoms with van der Waals surface area (Å²) in [6.07, 6.45) is 0. The van der Waals surface area contributed by atoms with Gasteiger partial charge in [0, 0.05) is 25.4 Å². The van der Waals surface area contributed by atoms with Crippen LogP contribution in [-0.2, 0) is 0 Å². The SMILES string of the molecule is Brc1cc(Br)cc(-c2ccc(-c3cc4ccc5cccc6c5c4c(c3)n6-c3ccccc3)cc2)c1. The highest BCUT2D eigenvalue weighted by Crippen LogP contribution is 2.41. The third-order valence-corrected chi connectivity index (χ3v) is 7.74. The van der Waals surface area contributed by atoms with Crippen molar-refractivity contribution in [2.75, 3.05) is 0 Å². The van der Waals surface area contributed by atoms with Gasteiger partial charge < -0.3 is 4.57 Å². The number of rotatable bonds is 3. The zero-order chi connectivity index (χ0) is 23.5. The van der Waals surface area contributed by atoms with E-state index in [2.05, 4.69) is 152 Å². The van der Waals surface area contributed by atoms with Gasteiger partial charge in [0.2, 0.25) is 0 Å².